The first-order valence-electron chi connectivity index (χ1n) is 19.0. The summed E-state index contributed by atoms with van der Waals surface area (Å²) in [5.41, 5.74) is 10.1. The summed E-state index contributed by atoms with van der Waals surface area (Å²) in [4.78, 5) is 14.6. The van der Waals surface area contributed by atoms with Crippen molar-refractivity contribution in [3.8, 4) is 34.2 Å². The van der Waals surface area contributed by atoms with Gasteiger partial charge < -0.3 is 9.13 Å². The molecule has 270 valence electrons. The number of aromatic nitrogens is 5. The van der Waals surface area contributed by atoms with Gasteiger partial charge in [0.25, 0.3) is 0 Å². The van der Waals surface area contributed by atoms with E-state index in [0.29, 0.717) is 0 Å². The number of hydrogen-bond acceptors (Lipinski definition) is 4. The third kappa shape index (κ3) is 5.52. The zero-order valence-corrected chi connectivity index (χ0v) is 32.3. The highest BCUT2D eigenvalue weighted by atomic mass is 32.1. The lowest BCUT2D eigenvalue weighted by Crippen LogP contribution is -2.00. The summed E-state index contributed by atoms with van der Waals surface area (Å²) in [5.74, 6) is 0. The molecule has 0 aliphatic rings. The molecular formula is C50H39N5S. The van der Waals surface area contributed by atoms with Crippen LogP contribution in [0.3, 0.4) is 0 Å². The van der Waals surface area contributed by atoms with E-state index in [1.54, 1.807) is 6.26 Å². The normalized spacial score (nSPS) is 11.2. The van der Waals surface area contributed by atoms with Crippen molar-refractivity contribution in [1.29, 1.82) is 0 Å². The average Bonchev–Trinajstić information content (AvgIpc) is 3.83. The van der Waals surface area contributed by atoms with Crippen LogP contribution in [-0.4, -0.2) is 30.3 Å². The van der Waals surface area contributed by atoms with E-state index in [4.69, 9.17) is 15.0 Å². The topological polar surface area (TPSA) is 48.5 Å². The van der Waals surface area contributed by atoms with Gasteiger partial charge >= 0.3 is 0 Å². The maximum absolute atomic E-state index is 5.15. The molecule has 0 unspecified atom stereocenters. The molecule has 6 heteroatoms. The molecule has 5 aromatic heterocycles. The number of rotatable bonds is 4. The highest BCUT2D eigenvalue weighted by molar-refractivity contribution is 7.79. The van der Waals surface area contributed by atoms with Crippen LogP contribution in [0.2, 0.25) is 0 Å². The molecule has 0 N–H and O–H groups in total. The fourth-order valence-electron chi connectivity index (χ4n) is 8.24. The number of hydrogen-bond donors (Lipinski definition) is 1. The quantitative estimate of drug-likeness (QED) is 0.183. The minimum absolute atomic E-state index is 0.792. The number of para-hydroxylation sites is 2. The zero-order chi connectivity index (χ0) is 38.2. The molecule has 0 bridgehead atoms. The van der Waals surface area contributed by atoms with Gasteiger partial charge in [-0.2, -0.15) is 12.6 Å². The molecule has 0 amide bonds. The number of benzene rings is 6. The van der Waals surface area contributed by atoms with Crippen molar-refractivity contribution in [3.05, 3.63) is 176 Å². The van der Waals surface area contributed by atoms with Gasteiger partial charge in [0.15, 0.2) is 0 Å². The molecule has 0 atom stereocenters. The lowest BCUT2D eigenvalue weighted by Gasteiger charge is -2.15. The molecule has 6 aromatic carbocycles. The van der Waals surface area contributed by atoms with Crippen LogP contribution in [0.1, 0.15) is 13.8 Å². The van der Waals surface area contributed by atoms with Gasteiger partial charge in [0.05, 0.1) is 50.5 Å². The van der Waals surface area contributed by atoms with Crippen LogP contribution in [-0.2, 0) is 0 Å². The Balaban J connectivity index is 0.000000994. The molecule has 5 nitrogen and oxygen atoms in total. The summed E-state index contributed by atoms with van der Waals surface area (Å²) in [7, 11) is 0. The minimum Gasteiger partial charge on any atom is -0.309 e. The average molecular weight is 742 g/mol. The van der Waals surface area contributed by atoms with E-state index in [-0.39, 0.29) is 0 Å². The van der Waals surface area contributed by atoms with Gasteiger partial charge in [0, 0.05) is 55.8 Å². The van der Waals surface area contributed by atoms with Gasteiger partial charge in [-0.05, 0) is 66.2 Å². The lowest BCUT2D eigenvalue weighted by molar-refractivity contribution is 1.15. The number of fused-ring (bicyclic) bond motifs is 12. The Labute approximate surface area is 331 Å². The van der Waals surface area contributed by atoms with E-state index in [1.165, 1.54) is 54.1 Å². The molecule has 56 heavy (non-hydrogen) atoms. The second-order valence-corrected chi connectivity index (χ2v) is 13.2. The molecule has 11 rings (SSSR count). The van der Waals surface area contributed by atoms with E-state index < -0.39 is 0 Å². The summed E-state index contributed by atoms with van der Waals surface area (Å²) in [6, 6.07) is 58.1. The maximum Gasteiger partial charge on any atom is 0.0915 e. The SMILES string of the molecule is CC.CS.c1ccc(-n2c3ccccc3c3c4c5ccc6ccccc6c5n(-c5cc(-c6ccccn6)nc(-c6ccccn6)c5)c4c4ccccc4c32)cc1. The van der Waals surface area contributed by atoms with Gasteiger partial charge in [0.2, 0.25) is 0 Å². The molecule has 11 aromatic rings. The Hall–Kier alpha value is -6.76. The van der Waals surface area contributed by atoms with Crippen molar-refractivity contribution in [2.45, 2.75) is 13.8 Å². The van der Waals surface area contributed by atoms with Gasteiger partial charge in [-0.15, -0.1) is 0 Å². The van der Waals surface area contributed by atoms with Crippen LogP contribution in [0.25, 0.3) is 99.3 Å². The zero-order valence-electron chi connectivity index (χ0n) is 31.4. The number of nitrogens with zero attached hydrogens (tertiary/aromatic N) is 5. The minimum atomic E-state index is 0.792. The lowest BCUT2D eigenvalue weighted by atomic mass is 9.98. The van der Waals surface area contributed by atoms with E-state index in [1.807, 2.05) is 62.6 Å². The smallest absolute Gasteiger partial charge is 0.0915 e. The first-order chi connectivity index (χ1) is 27.8. The Bertz CT molecular complexity index is 3110. The van der Waals surface area contributed by atoms with E-state index in [0.717, 1.165) is 45.2 Å². The maximum atomic E-state index is 5.15. The molecule has 0 saturated carbocycles. The summed E-state index contributed by atoms with van der Waals surface area (Å²) in [5, 5.41) is 9.67. The van der Waals surface area contributed by atoms with Crippen molar-refractivity contribution in [1.82, 2.24) is 24.1 Å². The van der Waals surface area contributed by atoms with E-state index >= 15 is 0 Å². The Morgan fingerprint density at radius 3 is 1.54 bits per heavy atom. The van der Waals surface area contributed by atoms with Crippen molar-refractivity contribution in [3.63, 3.8) is 0 Å². The first kappa shape index (κ1) is 35.0. The monoisotopic (exact) mass is 741 g/mol. The Morgan fingerprint density at radius 2 is 0.911 bits per heavy atom. The molecule has 0 fully saturated rings. The summed E-state index contributed by atoms with van der Waals surface area (Å²) >= 11 is 3.53. The molecule has 5 heterocycles. The third-order valence-corrected chi connectivity index (χ3v) is 10.4. The second kappa shape index (κ2) is 14.8. The van der Waals surface area contributed by atoms with E-state index in [9.17, 15) is 0 Å². The van der Waals surface area contributed by atoms with Crippen molar-refractivity contribution in [2.24, 2.45) is 0 Å². The summed E-state index contributed by atoms with van der Waals surface area (Å²) in [6.45, 7) is 4.00. The summed E-state index contributed by atoms with van der Waals surface area (Å²) < 4.78 is 4.92. The van der Waals surface area contributed by atoms with Crippen LogP contribution in [0.5, 0.6) is 0 Å². The van der Waals surface area contributed by atoms with Crippen molar-refractivity contribution >= 4 is 77.8 Å². The van der Waals surface area contributed by atoms with Crippen LogP contribution in [0.4, 0.5) is 0 Å². The Morgan fingerprint density at radius 1 is 0.393 bits per heavy atom. The predicted octanol–water partition coefficient (Wildman–Crippen LogP) is 13.3. The molecule has 0 saturated heterocycles. The largest absolute Gasteiger partial charge is 0.309 e. The van der Waals surface area contributed by atoms with Crippen LogP contribution in [0.15, 0.2) is 176 Å². The first-order valence-corrected chi connectivity index (χ1v) is 19.9. The van der Waals surface area contributed by atoms with Crippen molar-refractivity contribution < 1.29 is 0 Å². The highest BCUT2D eigenvalue weighted by Gasteiger charge is 2.25. The number of thiol groups is 1. The van der Waals surface area contributed by atoms with Gasteiger partial charge in [-0.1, -0.05) is 123 Å². The Kier molecular flexibility index (Phi) is 9.25. The van der Waals surface area contributed by atoms with Gasteiger partial charge in [-0.3, -0.25) is 9.97 Å². The van der Waals surface area contributed by atoms with Crippen LogP contribution < -0.4 is 0 Å². The van der Waals surface area contributed by atoms with Crippen LogP contribution in [0, 0.1) is 0 Å². The third-order valence-electron chi connectivity index (χ3n) is 10.4. The van der Waals surface area contributed by atoms with Crippen molar-refractivity contribution in [2.75, 3.05) is 6.26 Å². The highest BCUT2D eigenvalue weighted by Crippen LogP contribution is 2.48. The summed E-state index contributed by atoms with van der Waals surface area (Å²) in [6.07, 6.45) is 5.34. The van der Waals surface area contributed by atoms with Crippen LogP contribution >= 0.6 is 12.6 Å². The standard InChI is InChI=1S/C47H29N5.C2H6.CH4S/c1-2-15-31(16-3-1)51-42-23-9-8-20-36(42)43-44-37-25-24-30-14-4-5-17-33(30)45(37)52(47(44)35-19-7-6-18-34(35)46(43)51)32-28-40(38-21-10-12-26-48-38)50-41(29-32)39-22-11-13-27-49-39;2*1-2/h1-29H;1-2H3;2H,1H3. The van der Waals surface area contributed by atoms with Gasteiger partial charge in [0.1, 0.15) is 0 Å². The fraction of sp³-hybridized carbons (Fsp3) is 0.0600. The predicted molar refractivity (Wildman–Crippen MR) is 241 cm³/mol. The molecular weight excluding hydrogens is 703 g/mol. The molecule has 0 spiro atoms. The van der Waals surface area contributed by atoms with Gasteiger partial charge in [-0.25, -0.2) is 4.98 Å². The molecule has 0 aliphatic heterocycles. The number of pyridine rings is 3. The van der Waals surface area contributed by atoms with E-state index in [2.05, 4.69) is 149 Å². The molecule has 0 radical (unpaired) electrons. The fourth-order valence-corrected chi connectivity index (χ4v) is 8.24. The second-order valence-electron chi connectivity index (χ2n) is 13.2. The molecule has 0 aliphatic carbocycles.